The molecule has 1 atom stereocenters. The molecule has 2 heteroatoms. The first-order valence-corrected chi connectivity index (χ1v) is 6.48. The number of carbonyl (C=O) groups is 1. The van der Waals surface area contributed by atoms with Crippen LogP contribution in [0.5, 0.6) is 0 Å². The summed E-state index contributed by atoms with van der Waals surface area (Å²) in [7, 11) is 0. The number of Topliss-reactive ketones (excluding diaryl/α,β-unsaturated/α-hetero) is 1. The predicted octanol–water partition coefficient (Wildman–Crippen LogP) is 2.79. The van der Waals surface area contributed by atoms with Crippen molar-refractivity contribution in [1.82, 2.24) is 0 Å². The summed E-state index contributed by atoms with van der Waals surface area (Å²) in [6, 6.07) is 8.44. The van der Waals surface area contributed by atoms with Gasteiger partial charge in [0.1, 0.15) is 6.61 Å². The average molecular weight is 232 g/mol. The number of hydrogen-bond donors (Lipinski definition) is 0. The van der Waals surface area contributed by atoms with E-state index in [1.165, 1.54) is 11.1 Å². The molecule has 0 aromatic heterocycles. The van der Waals surface area contributed by atoms with Crippen LogP contribution in [0.4, 0.5) is 0 Å². The monoisotopic (exact) mass is 232 g/mol. The molecule has 0 fully saturated rings. The molecule has 2 nitrogen and oxygen atoms in total. The molecule has 0 radical (unpaired) electrons. The summed E-state index contributed by atoms with van der Waals surface area (Å²) in [6.07, 6.45) is 3.87. The van der Waals surface area contributed by atoms with Gasteiger partial charge in [-0.2, -0.15) is 0 Å². The van der Waals surface area contributed by atoms with Crippen LogP contribution < -0.4 is 0 Å². The first kappa shape index (κ1) is 12.3. The van der Waals surface area contributed by atoms with Crippen molar-refractivity contribution in [2.45, 2.75) is 32.6 Å². The molecular weight excluding hydrogens is 212 g/mol. The molecule has 0 N–H and O–H groups in total. The highest BCUT2D eigenvalue weighted by Gasteiger charge is 2.23. The van der Waals surface area contributed by atoms with Crippen molar-refractivity contribution in [1.29, 1.82) is 0 Å². The van der Waals surface area contributed by atoms with E-state index in [-0.39, 0.29) is 11.7 Å². The lowest BCUT2D eigenvalue weighted by molar-refractivity contribution is -0.127. The zero-order valence-electron chi connectivity index (χ0n) is 10.4. The Morgan fingerprint density at radius 3 is 2.88 bits per heavy atom. The summed E-state index contributed by atoms with van der Waals surface area (Å²) in [5.41, 5.74) is 2.75. The number of benzene rings is 1. The van der Waals surface area contributed by atoms with Crippen LogP contribution in [-0.2, 0) is 22.4 Å². The maximum Gasteiger partial charge on any atom is 0.161 e. The Bertz CT molecular complexity index is 384. The van der Waals surface area contributed by atoms with Crippen LogP contribution >= 0.6 is 0 Å². The third kappa shape index (κ3) is 3.16. The highest BCUT2D eigenvalue weighted by Crippen LogP contribution is 2.25. The molecule has 0 amide bonds. The number of carbonyl (C=O) groups excluding carboxylic acids is 1. The molecule has 0 aliphatic heterocycles. The van der Waals surface area contributed by atoms with Gasteiger partial charge in [-0.15, -0.1) is 0 Å². The number of aryl methyl sites for hydroxylation is 1. The molecule has 1 aromatic carbocycles. The van der Waals surface area contributed by atoms with E-state index >= 15 is 0 Å². The van der Waals surface area contributed by atoms with E-state index in [9.17, 15) is 4.79 Å². The van der Waals surface area contributed by atoms with E-state index in [4.69, 9.17) is 4.74 Å². The summed E-state index contributed by atoms with van der Waals surface area (Å²) in [5.74, 6) is 0.440. The molecule has 1 aliphatic carbocycles. The Hall–Kier alpha value is -1.15. The van der Waals surface area contributed by atoms with Gasteiger partial charge in [0.25, 0.3) is 0 Å². The Balaban J connectivity index is 1.91. The van der Waals surface area contributed by atoms with Crippen LogP contribution in [0.1, 0.15) is 30.9 Å². The number of ether oxygens (including phenoxy) is 1. The summed E-state index contributed by atoms with van der Waals surface area (Å²) >= 11 is 0. The van der Waals surface area contributed by atoms with Gasteiger partial charge in [-0.25, -0.2) is 0 Å². The van der Waals surface area contributed by atoms with E-state index in [2.05, 4.69) is 31.2 Å². The van der Waals surface area contributed by atoms with Gasteiger partial charge in [-0.3, -0.25) is 4.79 Å². The van der Waals surface area contributed by atoms with Crippen molar-refractivity contribution in [3.63, 3.8) is 0 Å². The van der Waals surface area contributed by atoms with Gasteiger partial charge < -0.3 is 4.74 Å². The maximum absolute atomic E-state index is 12.0. The molecule has 0 bridgehead atoms. The Kier molecular flexibility index (Phi) is 4.32. The third-order valence-electron chi connectivity index (χ3n) is 3.39. The fraction of sp³-hybridized carbons (Fsp3) is 0.533. The van der Waals surface area contributed by atoms with Gasteiger partial charge >= 0.3 is 0 Å². The molecule has 0 saturated heterocycles. The first-order chi connectivity index (χ1) is 8.31. The summed E-state index contributed by atoms with van der Waals surface area (Å²) in [4.78, 5) is 12.0. The SMILES string of the molecule is CCCOCC(=O)C1CCc2ccccc2C1. The van der Waals surface area contributed by atoms with Crippen molar-refractivity contribution >= 4 is 5.78 Å². The highest BCUT2D eigenvalue weighted by atomic mass is 16.5. The van der Waals surface area contributed by atoms with Gasteiger partial charge in [0.15, 0.2) is 5.78 Å². The molecule has 17 heavy (non-hydrogen) atoms. The van der Waals surface area contributed by atoms with E-state index < -0.39 is 0 Å². The number of fused-ring (bicyclic) bond motifs is 1. The molecule has 2 rings (SSSR count). The second-order valence-corrected chi connectivity index (χ2v) is 4.73. The smallest absolute Gasteiger partial charge is 0.161 e. The molecule has 1 unspecified atom stereocenters. The molecule has 92 valence electrons. The van der Waals surface area contributed by atoms with E-state index in [0.29, 0.717) is 13.2 Å². The minimum absolute atomic E-state index is 0.168. The number of rotatable bonds is 5. The quantitative estimate of drug-likeness (QED) is 0.730. The fourth-order valence-corrected chi connectivity index (χ4v) is 2.41. The van der Waals surface area contributed by atoms with Crippen molar-refractivity contribution in [3.05, 3.63) is 35.4 Å². The van der Waals surface area contributed by atoms with Crippen molar-refractivity contribution in [3.8, 4) is 0 Å². The van der Waals surface area contributed by atoms with Crippen LogP contribution in [-0.4, -0.2) is 19.0 Å². The lowest BCUT2D eigenvalue weighted by Gasteiger charge is -2.23. The molecule has 1 aliphatic rings. The normalized spacial score (nSPS) is 18.8. The van der Waals surface area contributed by atoms with Crippen molar-refractivity contribution in [2.75, 3.05) is 13.2 Å². The first-order valence-electron chi connectivity index (χ1n) is 6.48. The van der Waals surface area contributed by atoms with Gasteiger partial charge in [-0.05, 0) is 36.8 Å². The maximum atomic E-state index is 12.0. The second-order valence-electron chi connectivity index (χ2n) is 4.73. The Labute approximate surface area is 103 Å². The van der Waals surface area contributed by atoms with Crippen LogP contribution in [0.2, 0.25) is 0 Å². The van der Waals surface area contributed by atoms with Crippen LogP contribution in [0, 0.1) is 5.92 Å². The fourth-order valence-electron chi connectivity index (χ4n) is 2.41. The van der Waals surface area contributed by atoms with Gasteiger partial charge in [-0.1, -0.05) is 31.2 Å². The standard InChI is InChI=1S/C15H20O2/c1-2-9-17-11-15(16)14-8-7-12-5-3-4-6-13(12)10-14/h3-6,14H,2,7-11H2,1H3. The zero-order chi connectivity index (χ0) is 12.1. The average Bonchev–Trinajstić information content (AvgIpc) is 2.38. The zero-order valence-corrected chi connectivity index (χ0v) is 10.4. The number of hydrogen-bond acceptors (Lipinski definition) is 2. The third-order valence-corrected chi connectivity index (χ3v) is 3.39. The lowest BCUT2D eigenvalue weighted by atomic mass is 9.82. The van der Waals surface area contributed by atoms with Crippen molar-refractivity contribution < 1.29 is 9.53 Å². The second kappa shape index (κ2) is 5.97. The molecule has 0 heterocycles. The van der Waals surface area contributed by atoms with E-state index in [0.717, 1.165) is 25.7 Å². The van der Waals surface area contributed by atoms with Crippen LogP contribution in [0.25, 0.3) is 0 Å². The molecule has 0 saturated carbocycles. The van der Waals surface area contributed by atoms with Crippen molar-refractivity contribution in [2.24, 2.45) is 5.92 Å². The van der Waals surface area contributed by atoms with Gasteiger partial charge in [0.2, 0.25) is 0 Å². The topological polar surface area (TPSA) is 26.3 Å². The van der Waals surface area contributed by atoms with E-state index in [1.54, 1.807) is 0 Å². The van der Waals surface area contributed by atoms with Gasteiger partial charge in [0, 0.05) is 12.5 Å². The predicted molar refractivity (Wildman–Crippen MR) is 68.1 cm³/mol. The largest absolute Gasteiger partial charge is 0.374 e. The highest BCUT2D eigenvalue weighted by molar-refractivity contribution is 5.82. The lowest BCUT2D eigenvalue weighted by Crippen LogP contribution is -2.26. The molecule has 1 aromatic rings. The van der Waals surface area contributed by atoms with Crippen LogP contribution in [0.15, 0.2) is 24.3 Å². The Morgan fingerprint density at radius 2 is 2.12 bits per heavy atom. The van der Waals surface area contributed by atoms with E-state index in [1.807, 2.05) is 0 Å². The number of ketones is 1. The van der Waals surface area contributed by atoms with Crippen LogP contribution in [0.3, 0.4) is 0 Å². The minimum Gasteiger partial charge on any atom is -0.374 e. The Morgan fingerprint density at radius 1 is 1.35 bits per heavy atom. The summed E-state index contributed by atoms with van der Waals surface area (Å²) in [5, 5.41) is 0. The minimum atomic E-state index is 0.168. The van der Waals surface area contributed by atoms with Gasteiger partial charge in [0.05, 0.1) is 0 Å². The molecular formula is C15H20O2. The summed E-state index contributed by atoms with van der Waals surface area (Å²) in [6.45, 7) is 3.04. The molecule has 0 spiro atoms. The summed E-state index contributed by atoms with van der Waals surface area (Å²) < 4.78 is 5.34.